The van der Waals surface area contributed by atoms with E-state index in [1.165, 1.54) is 23.6 Å². The highest BCUT2D eigenvalue weighted by Crippen LogP contribution is 2.23. The number of rotatable bonds is 3. The molecule has 2 aromatic heterocycles. The Morgan fingerprint density at radius 1 is 1.40 bits per heavy atom. The van der Waals surface area contributed by atoms with Gasteiger partial charge in [-0.05, 0) is 24.3 Å². The molecule has 5 heteroatoms. The third kappa shape index (κ3) is 2.67. The van der Waals surface area contributed by atoms with E-state index in [0.29, 0.717) is 10.9 Å². The second-order valence-electron chi connectivity index (χ2n) is 2.79. The molecule has 2 heterocycles. The second kappa shape index (κ2) is 4.59. The minimum Gasteiger partial charge on any atom is -0.483 e. The fourth-order valence-corrected chi connectivity index (χ4v) is 2.06. The summed E-state index contributed by atoms with van der Waals surface area (Å²) in [5.41, 5.74) is 0. The van der Waals surface area contributed by atoms with E-state index in [2.05, 4.69) is 4.98 Å². The van der Waals surface area contributed by atoms with Crippen molar-refractivity contribution < 1.29 is 9.13 Å². The van der Waals surface area contributed by atoms with E-state index < -0.39 is 5.95 Å². The maximum atomic E-state index is 13.0. The molecule has 0 aliphatic carbocycles. The van der Waals surface area contributed by atoms with Crippen LogP contribution in [0.2, 0.25) is 4.34 Å². The topological polar surface area (TPSA) is 22.1 Å². The molecule has 0 aliphatic rings. The van der Waals surface area contributed by atoms with E-state index in [0.717, 1.165) is 4.88 Å². The van der Waals surface area contributed by atoms with Crippen LogP contribution in [0.25, 0.3) is 0 Å². The summed E-state index contributed by atoms with van der Waals surface area (Å²) in [7, 11) is 0. The summed E-state index contributed by atoms with van der Waals surface area (Å²) in [6, 6.07) is 6.79. The monoisotopic (exact) mass is 243 g/mol. The minimum absolute atomic E-state index is 0.155. The Kier molecular flexibility index (Phi) is 3.18. The smallest absolute Gasteiger partial charge is 0.255 e. The van der Waals surface area contributed by atoms with Gasteiger partial charge in [-0.3, -0.25) is 0 Å². The van der Waals surface area contributed by atoms with E-state index >= 15 is 0 Å². The molecule has 0 amide bonds. The van der Waals surface area contributed by atoms with Gasteiger partial charge in [-0.1, -0.05) is 11.6 Å². The lowest BCUT2D eigenvalue weighted by molar-refractivity contribution is 0.289. The Hall–Kier alpha value is -1.13. The molecule has 0 spiro atoms. The van der Waals surface area contributed by atoms with Crippen LogP contribution in [0, 0.1) is 5.95 Å². The van der Waals surface area contributed by atoms with E-state index in [1.807, 2.05) is 6.07 Å². The van der Waals surface area contributed by atoms with Gasteiger partial charge in [0.2, 0.25) is 0 Å². The first-order chi connectivity index (χ1) is 7.25. The maximum Gasteiger partial charge on any atom is 0.255 e. The average Bonchev–Trinajstić information content (AvgIpc) is 2.63. The molecule has 78 valence electrons. The molecule has 0 N–H and O–H groups in total. The van der Waals surface area contributed by atoms with Gasteiger partial charge in [0.25, 0.3) is 5.95 Å². The van der Waals surface area contributed by atoms with Crippen molar-refractivity contribution in [3.05, 3.63) is 45.6 Å². The number of pyridine rings is 1. The van der Waals surface area contributed by atoms with Gasteiger partial charge in [0.05, 0.1) is 4.34 Å². The molecule has 0 aliphatic heterocycles. The summed E-state index contributed by atoms with van der Waals surface area (Å²) in [6.45, 7) is 0.306. The van der Waals surface area contributed by atoms with Crippen molar-refractivity contribution in [3.63, 3.8) is 0 Å². The van der Waals surface area contributed by atoms with E-state index in [1.54, 1.807) is 12.1 Å². The van der Waals surface area contributed by atoms with Crippen molar-refractivity contribution in [2.45, 2.75) is 6.61 Å². The molecule has 0 bridgehead atoms. The van der Waals surface area contributed by atoms with Gasteiger partial charge < -0.3 is 4.74 Å². The summed E-state index contributed by atoms with van der Waals surface area (Å²) in [5.74, 6) is -0.442. The highest BCUT2D eigenvalue weighted by atomic mass is 35.5. The summed E-state index contributed by atoms with van der Waals surface area (Å²) in [5, 5.41) is 0. The Bertz CT molecular complexity index is 460. The van der Waals surface area contributed by atoms with Crippen LogP contribution in [-0.4, -0.2) is 4.98 Å². The fraction of sp³-hybridized carbons (Fsp3) is 0.100. The van der Waals surface area contributed by atoms with E-state index in [-0.39, 0.29) is 5.75 Å². The minimum atomic E-state index is -0.597. The number of ether oxygens (including phenoxy) is 1. The van der Waals surface area contributed by atoms with Crippen LogP contribution < -0.4 is 4.74 Å². The van der Waals surface area contributed by atoms with E-state index in [4.69, 9.17) is 16.3 Å². The first-order valence-electron chi connectivity index (χ1n) is 4.23. The third-order valence-electron chi connectivity index (χ3n) is 1.72. The molecule has 0 saturated heterocycles. The maximum absolute atomic E-state index is 13.0. The lowest BCUT2D eigenvalue weighted by Crippen LogP contribution is -1.96. The van der Waals surface area contributed by atoms with Gasteiger partial charge in [-0.15, -0.1) is 11.3 Å². The third-order valence-corrected chi connectivity index (χ3v) is 2.93. The Morgan fingerprint density at radius 3 is 2.93 bits per heavy atom. The van der Waals surface area contributed by atoms with Gasteiger partial charge >= 0.3 is 0 Å². The van der Waals surface area contributed by atoms with Crippen LogP contribution in [0.4, 0.5) is 4.39 Å². The van der Waals surface area contributed by atoms with Gasteiger partial charge in [0.15, 0.2) is 5.75 Å². The molecule has 0 radical (unpaired) electrons. The number of halogens is 2. The summed E-state index contributed by atoms with van der Waals surface area (Å²) >= 11 is 7.16. The zero-order valence-electron chi connectivity index (χ0n) is 7.61. The van der Waals surface area contributed by atoms with E-state index in [9.17, 15) is 4.39 Å². The van der Waals surface area contributed by atoms with Crippen molar-refractivity contribution in [2.75, 3.05) is 0 Å². The molecule has 2 rings (SSSR count). The van der Waals surface area contributed by atoms with Crippen molar-refractivity contribution in [3.8, 4) is 5.75 Å². The first kappa shape index (κ1) is 10.4. The van der Waals surface area contributed by atoms with Crippen LogP contribution in [0.15, 0.2) is 30.5 Å². The number of aromatic nitrogens is 1. The highest BCUT2D eigenvalue weighted by molar-refractivity contribution is 7.16. The zero-order chi connectivity index (χ0) is 10.7. The normalized spacial score (nSPS) is 10.3. The van der Waals surface area contributed by atoms with Gasteiger partial charge in [0, 0.05) is 11.1 Å². The highest BCUT2D eigenvalue weighted by Gasteiger charge is 2.04. The van der Waals surface area contributed by atoms with Crippen molar-refractivity contribution in [2.24, 2.45) is 0 Å². The van der Waals surface area contributed by atoms with Crippen molar-refractivity contribution in [1.82, 2.24) is 4.98 Å². The lowest BCUT2D eigenvalue weighted by atomic mass is 10.4. The standard InChI is InChI=1S/C10H7ClFNOS/c11-9-4-3-7(15-9)6-14-8-2-1-5-13-10(8)12/h1-5H,6H2. The van der Waals surface area contributed by atoms with Gasteiger partial charge in [0.1, 0.15) is 6.61 Å². The quantitative estimate of drug-likeness (QED) is 0.770. The largest absolute Gasteiger partial charge is 0.483 e. The summed E-state index contributed by atoms with van der Waals surface area (Å²) in [6.07, 6.45) is 1.38. The van der Waals surface area contributed by atoms with Crippen molar-refractivity contribution in [1.29, 1.82) is 0 Å². The SMILES string of the molecule is Fc1ncccc1OCc1ccc(Cl)s1. The molecule has 0 aromatic carbocycles. The molecular weight excluding hydrogens is 237 g/mol. The predicted molar refractivity (Wildman–Crippen MR) is 57.9 cm³/mol. The summed E-state index contributed by atoms with van der Waals surface area (Å²) in [4.78, 5) is 4.43. The average molecular weight is 244 g/mol. The Labute approximate surface area is 95.3 Å². The van der Waals surface area contributed by atoms with Gasteiger partial charge in [-0.25, -0.2) is 4.98 Å². The second-order valence-corrected chi connectivity index (χ2v) is 4.59. The van der Waals surface area contributed by atoms with Crippen LogP contribution in [0.1, 0.15) is 4.88 Å². The molecule has 2 nitrogen and oxygen atoms in total. The lowest BCUT2D eigenvalue weighted by Gasteiger charge is -2.03. The molecule has 0 saturated carbocycles. The Balaban J connectivity index is 2.02. The molecule has 0 atom stereocenters. The number of nitrogens with zero attached hydrogens (tertiary/aromatic N) is 1. The molecule has 15 heavy (non-hydrogen) atoms. The predicted octanol–water partition coefficient (Wildman–Crippen LogP) is 3.51. The first-order valence-corrected chi connectivity index (χ1v) is 5.42. The van der Waals surface area contributed by atoms with Gasteiger partial charge in [-0.2, -0.15) is 4.39 Å². The van der Waals surface area contributed by atoms with Crippen molar-refractivity contribution >= 4 is 22.9 Å². The number of thiophene rings is 1. The number of hydrogen-bond acceptors (Lipinski definition) is 3. The van der Waals surface area contributed by atoms with Crippen LogP contribution in [0.5, 0.6) is 5.75 Å². The van der Waals surface area contributed by atoms with Crippen LogP contribution in [-0.2, 0) is 6.61 Å². The van der Waals surface area contributed by atoms with Crippen LogP contribution >= 0.6 is 22.9 Å². The molecule has 2 aromatic rings. The zero-order valence-corrected chi connectivity index (χ0v) is 9.19. The Morgan fingerprint density at radius 2 is 2.27 bits per heavy atom. The molecular formula is C10H7ClFNOS. The van der Waals surface area contributed by atoms with Crippen LogP contribution in [0.3, 0.4) is 0 Å². The molecule has 0 fully saturated rings. The number of hydrogen-bond donors (Lipinski definition) is 0. The summed E-state index contributed by atoms with van der Waals surface area (Å²) < 4.78 is 19.0. The molecule has 0 unspecified atom stereocenters. The fourth-order valence-electron chi connectivity index (χ4n) is 1.06.